The number of nitrogens with zero attached hydrogens (tertiary/aromatic N) is 1. The van der Waals surface area contributed by atoms with E-state index < -0.39 is 0 Å². The molecule has 0 aromatic heterocycles. The Kier molecular flexibility index (Phi) is 13.3. The van der Waals surface area contributed by atoms with Crippen LogP contribution >= 0.6 is 24.0 Å². The number of guanidine groups is 1. The van der Waals surface area contributed by atoms with Crippen LogP contribution in [0.2, 0.25) is 0 Å². The summed E-state index contributed by atoms with van der Waals surface area (Å²) in [6.07, 6.45) is 3.56. The maximum Gasteiger partial charge on any atom is 0.239 e. The molecule has 0 saturated carbocycles. The Hall–Kier alpha value is -1.31. The third-order valence-corrected chi connectivity index (χ3v) is 3.47. The average molecular weight is 446 g/mol. The molecule has 6 heteroatoms. The fraction of sp³-hybridized carbons (Fsp3) is 0.556. The van der Waals surface area contributed by atoms with Gasteiger partial charge >= 0.3 is 0 Å². The van der Waals surface area contributed by atoms with Gasteiger partial charge in [0.25, 0.3) is 0 Å². The average Bonchev–Trinajstić information content (AvgIpc) is 2.56. The maximum absolute atomic E-state index is 11.8. The van der Waals surface area contributed by atoms with Crippen molar-refractivity contribution in [1.29, 1.82) is 0 Å². The highest BCUT2D eigenvalue weighted by Gasteiger charge is 2.03. The standard InChI is InChI=1S/C18H30N4O.HI/c1-15(2)9-7-8-12-20-18(19-3)22-14-17(23)21-13-16-10-5-4-6-11-16;/h4-6,10-11,15H,7-9,12-14H2,1-3H3,(H,21,23)(H2,19,20,22);1H. The van der Waals surface area contributed by atoms with E-state index in [0.717, 1.165) is 24.4 Å². The molecule has 0 bridgehead atoms. The van der Waals surface area contributed by atoms with Crippen molar-refractivity contribution >= 4 is 35.8 Å². The smallest absolute Gasteiger partial charge is 0.239 e. The van der Waals surface area contributed by atoms with E-state index in [1.165, 1.54) is 12.8 Å². The monoisotopic (exact) mass is 446 g/mol. The zero-order valence-electron chi connectivity index (χ0n) is 15.0. The number of aliphatic imine (C=N–C) groups is 1. The first kappa shape index (κ1) is 22.7. The molecule has 0 atom stereocenters. The number of carbonyl (C=O) groups excluding carboxylic acids is 1. The molecule has 0 heterocycles. The first-order valence-electron chi connectivity index (χ1n) is 8.37. The lowest BCUT2D eigenvalue weighted by atomic mass is 10.1. The quantitative estimate of drug-likeness (QED) is 0.237. The van der Waals surface area contributed by atoms with Crippen molar-refractivity contribution in [3.8, 4) is 0 Å². The number of hydrogen-bond donors (Lipinski definition) is 3. The highest BCUT2D eigenvalue weighted by molar-refractivity contribution is 14.0. The van der Waals surface area contributed by atoms with Crippen LogP contribution in [0, 0.1) is 5.92 Å². The van der Waals surface area contributed by atoms with Crippen molar-refractivity contribution in [2.45, 2.75) is 39.7 Å². The van der Waals surface area contributed by atoms with Gasteiger partial charge < -0.3 is 16.0 Å². The molecule has 24 heavy (non-hydrogen) atoms. The van der Waals surface area contributed by atoms with E-state index >= 15 is 0 Å². The largest absolute Gasteiger partial charge is 0.356 e. The summed E-state index contributed by atoms with van der Waals surface area (Å²) in [6, 6.07) is 9.87. The second kappa shape index (κ2) is 14.1. The number of nitrogens with one attached hydrogen (secondary N) is 3. The minimum absolute atomic E-state index is 0. The van der Waals surface area contributed by atoms with Gasteiger partial charge in [0.05, 0.1) is 6.54 Å². The lowest BCUT2D eigenvalue weighted by Crippen LogP contribution is -2.43. The van der Waals surface area contributed by atoms with Crippen LogP contribution in [0.3, 0.4) is 0 Å². The summed E-state index contributed by atoms with van der Waals surface area (Å²) in [5.74, 6) is 1.38. The fourth-order valence-electron chi connectivity index (χ4n) is 2.13. The summed E-state index contributed by atoms with van der Waals surface area (Å²) < 4.78 is 0. The Bertz CT molecular complexity index is 477. The van der Waals surface area contributed by atoms with Crippen molar-refractivity contribution in [1.82, 2.24) is 16.0 Å². The first-order valence-corrected chi connectivity index (χ1v) is 8.37. The molecule has 0 unspecified atom stereocenters. The van der Waals surface area contributed by atoms with Crippen LogP contribution in [-0.2, 0) is 11.3 Å². The predicted octanol–water partition coefficient (Wildman–Crippen LogP) is 2.91. The van der Waals surface area contributed by atoms with Gasteiger partial charge in [-0.1, -0.05) is 57.0 Å². The van der Waals surface area contributed by atoms with Gasteiger partial charge in [-0.2, -0.15) is 0 Å². The number of halogens is 1. The zero-order valence-corrected chi connectivity index (χ0v) is 17.3. The van der Waals surface area contributed by atoms with Crippen LogP contribution in [0.5, 0.6) is 0 Å². The zero-order chi connectivity index (χ0) is 16.9. The van der Waals surface area contributed by atoms with Gasteiger partial charge in [0, 0.05) is 20.1 Å². The Labute approximate surface area is 163 Å². The Morgan fingerprint density at radius 3 is 2.42 bits per heavy atom. The van der Waals surface area contributed by atoms with Crippen LogP contribution in [0.1, 0.15) is 38.7 Å². The summed E-state index contributed by atoms with van der Waals surface area (Å²) in [7, 11) is 1.71. The molecule has 1 aromatic carbocycles. The molecule has 0 aliphatic carbocycles. The molecule has 3 N–H and O–H groups in total. The van der Waals surface area contributed by atoms with Gasteiger partial charge in [-0.05, 0) is 17.9 Å². The molecular weight excluding hydrogens is 415 g/mol. The summed E-state index contributed by atoms with van der Waals surface area (Å²) in [5, 5.41) is 9.15. The van der Waals surface area contributed by atoms with E-state index in [9.17, 15) is 4.79 Å². The van der Waals surface area contributed by atoms with Crippen molar-refractivity contribution in [3.63, 3.8) is 0 Å². The van der Waals surface area contributed by atoms with E-state index in [0.29, 0.717) is 12.5 Å². The van der Waals surface area contributed by atoms with Gasteiger partial charge in [0.2, 0.25) is 5.91 Å². The van der Waals surface area contributed by atoms with Crippen molar-refractivity contribution in [2.75, 3.05) is 20.1 Å². The molecule has 1 rings (SSSR count). The molecule has 1 aromatic rings. The van der Waals surface area contributed by atoms with Crippen molar-refractivity contribution < 1.29 is 4.79 Å². The summed E-state index contributed by atoms with van der Waals surface area (Å²) in [5.41, 5.74) is 1.09. The van der Waals surface area contributed by atoms with Crippen LogP contribution < -0.4 is 16.0 Å². The van der Waals surface area contributed by atoms with E-state index in [1.54, 1.807) is 7.05 Å². The molecule has 5 nitrogen and oxygen atoms in total. The molecule has 136 valence electrons. The van der Waals surface area contributed by atoms with E-state index in [1.807, 2.05) is 30.3 Å². The van der Waals surface area contributed by atoms with E-state index in [-0.39, 0.29) is 36.4 Å². The molecule has 0 aliphatic rings. The lowest BCUT2D eigenvalue weighted by Gasteiger charge is -2.12. The molecule has 0 fully saturated rings. The van der Waals surface area contributed by atoms with E-state index in [2.05, 4.69) is 34.8 Å². The second-order valence-electron chi connectivity index (χ2n) is 6.00. The molecular formula is C18H31IN4O. The third kappa shape index (κ3) is 11.3. The predicted molar refractivity (Wildman–Crippen MR) is 112 cm³/mol. The van der Waals surface area contributed by atoms with Gasteiger partial charge in [-0.3, -0.25) is 9.79 Å². The number of carbonyl (C=O) groups is 1. The van der Waals surface area contributed by atoms with Gasteiger partial charge in [-0.25, -0.2) is 0 Å². The van der Waals surface area contributed by atoms with E-state index in [4.69, 9.17) is 0 Å². The van der Waals surface area contributed by atoms with Gasteiger partial charge in [0.15, 0.2) is 5.96 Å². The van der Waals surface area contributed by atoms with Gasteiger partial charge in [-0.15, -0.1) is 24.0 Å². The van der Waals surface area contributed by atoms with Crippen molar-refractivity contribution in [2.24, 2.45) is 10.9 Å². The summed E-state index contributed by atoms with van der Waals surface area (Å²) in [6.45, 7) is 6.11. The number of amides is 1. The van der Waals surface area contributed by atoms with Crippen LogP contribution in [0.4, 0.5) is 0 Å². The molecule has 0 saturated heterocycles. The Morgan fingerprint density at radius 2 is 1.79 bits per heavy atom. The van der Waals surface area contributed by atoms with Crippen LogP contribution in [0.25, 0.3) is 0 Å². The summed E-state index contributed by atoms with van der Waals surface area (Å²) >= 11 is 0. The van der Waals surface area contributed by atoms with Crippen LogP contribution in [0.15, 0.2) is 35.3 Å². The molecule has 0 radical (unpaired) electrons. The highest BCUT2D eigenvalue weighted by atomic mass is 127. The fourth-order valence-corrected chi connectivity index (χ4v) is 2.13. The normalized spacial score (nSPS) is 10.9. The lowest BCUT2D eigenvalue weighted by molar-refractivity contribution is -0.120. The SMILES string of the molecule is CN=C(NCCCCC(C)C)NCC(=O)NCc1ccccc1.I. The minimum atomic E-state index is -0.0448. The van der Waals surface area contributed by atoms with Crippen molar-refractivity contribution in [3.05, 3.63) is 35.9 Å². The number of hydrogen-bond acceptors (Lipinski definition) is 2. The number of unbranched alkanes of at least 4 members (excludes halogenated alkanes) is 1. The van der Waals surface area contributed by atoms with Gasteiger partial charge in [0.1, 0.15) is 0 Å². The Morgan fingerprint density at radius 1 is 1.08 bits per heavy atom. The molecule has 0 spiro atoms. The maximum atomic E-state index is 11.8. The molecule has 0 aliphatic heterocycles. The highest BCUT2D eigenvalue weighted by Crippen LogP contribution is 2.04. The minimum Gasteiger partial charge on any atom is -0.356 e. The number of rotatable bonds is 9. The van der Waals surface area contributed by atoms with Crippen LogP contribution in [-0.4, -0.2) is 32.0 Å². The molecule has 1 amide bonds. The topological polar surface area (TPSA) is 65.5 Å². The Balaban J connectivity index is 0.00000529. The second-order valence-corrected chi connectivity index (χ2v) is 6.00. The first-order chi connectivity index (χ1) is 11.1. The third-order valence-electron chi connectivity index (χ3n) is 3.47. The summed E-state index contributed by atoms with van der Waals surface area (Å²) in [4.78, 5) is 16.0. The number of benzene rings is 1.